The quantitative estimate of drug-likeness (QED) is 0.505. The van der Waals surface area contributed by atoms with Crippen LogP contribution in [0.5, 0.6) is 0 Å². The molecule has 0 spiro atoms. The number of aryl methyl sites for hydroxylation is 1. The first-order valence-electron chi connectivity index (χ1n) is 7.15. The van der Waals surface area contributed by atoms with Crippen molar-refractivity contribution in [1.29, 1.82) is 0 Å². The number of hydrogen-bond acceptors (Lipinski definition) is 1. The Hall–Kier alpha value is 0.499. The molecule has 0 saturated heterocycles. The molecule has 0 aliphatic heterocycles. The molecule has 1 rings (SSSR count). The van der Waals surface area contributed by atoms with Gasteiger partial charge in [0.05, 0.1) is 0 Å². The molecule has 1 aromatic heterocycles. The van der Waals surface area contributed by atoms with Gasteiger partial charge in [0, 0.05) is 0 Å². The van der Waals surface area contributed by atoms with E-state index in [4.69, 9.17) is 0 Å². The van der Waals surface area contributed by atoms with Crippen molar-refractivity contribution >= 4 is 35.4 Å². The Morgan fingerprint density at radius 1 is 1.06 bits per heavy atom. The Kier molecular flexibility index (Phi) is 7.16. The predicted octanol–water partition coefficient (Wildman–Crippen LogP) is 4.25. The Morgan fingerprint density at radius 3 is 2.24 bits per heavy atom. The summed E-state index contributed by atoms with van der Waals surface area (Å²) in [5.41, 5.74) is 3.22. The third-order valence-electron chi connectivity index (χ3n) is 4.05. The summed E-state index contributed by atoms with van der Waals surface area (Å²) >= 11 is 1.39. The van der Waals surface area contributed by atoms with Gasteiger partial charge in [-0.3, -0.25) is 0 Å². The molecule has 0 radical (unpaired) electrons. The van der Waals surface area contributed by atoms with Crippen molar-refractivity contribution in [3.8, 4) is 0 Å². The minimum atomic E-state index is -0.726. The molecule has 2 heteroatoms. The minimum absolute atomic E-state index is 0.726. The maximum absolute atomic E-state index is 2.40. The van der Waals surface area contributed by atoms with Crippen LogP contribution in [0.15, 0.2) is 0 Å². The van der Waals surface area contributed by atoms with Crippen LogP contribution in [0, 0.1) is 20.8 Å². The number of thiophene rings is 1. The Bertz CT molecular complexity index is 341. The van der Waals surface area contributed by atoms with Gasteiger partial charge >= 0.3 is 122 Å². The summed E-state index contributed by atoms with van der Waals surface area (Å²) < 4.78 is 2.96. The zero-order valence-corrected chi connectivity index (χ0v) is 17.1. The van der Waals surface area contributed by atoms with Crippen molar-refractivity contribution in [2.45, 2.75) is 70.7 Å². The van der Waals surface area contributed by atoms with Gasteiger partial charge in [-0.1, -0.05) is 0 Å². The van der Waals surface area contributed by atoms with Crippen LogP contribution in [0.25, 0.3) is 0 Å². The van der Waals surface area contributed by atoms with Gasteiger partial charge in [-0.05, 0) is 0 Å². The average Bonchev–Trinajstić information content (AvgIpc) is 2.56. The molecule has 0 aliphatic carbocycles. The van der Waals surface area contributed by atoms with Gasteiger partial charge in [0.1, 0.15) is 0 Å². The first-order chi connectivity index (χ1) is 8.10. The summed E-state index contributed by atoms with van der Waals surface area (Å²) in [4.78, 5) is 1.57. The zero-order valence-electron chi connectivity index (χ0n) is 12.2. The van der Waals surface area contributed by atoms with Crippen LogP contribution >= 0.6 is 11.3 Å². The molecule has 0 saturated carbocycles. The van der Waals surface area contributed by atoms with Crippen LogP contribution in [0.4, 0.5) is 0 Å². The van der Waals surface area contributed by atoms with E-state index < -0.39 is 21.1 Å². The van der Waals surface area contributed by atoms with E-state index >= 15 is 0 Å². The van der Waals surface area contributed by atoms with Crippen molar-refractivity contribution in [2.75, 3.05) is 0 Å². The molecule has 0 aromatic carbocycles. The van der Waals surface area contributed by atoms with Gasteiger partial charge in [-0.25, -0.2) is 0 Å². The van der Waals surface area contributed by atoms with Gasteiger partial charge in [-0.2, -0.15) is 0 Å². The molecule has 0 bridgehead atoms. The molecule has 0 fully saturated rings. The normalized spacial score (nSPS) is 13.7. The van der Waals surface area contributed by atoms with Crippen molar-refractivity contribution in [3.05, 3.63) is 16.0 Å². The molecule has 0 amide bonds. The molecule has 0 N–H and O–H groups in total. The topological polar surface area (TPSA) is 0 Å². The Labute approximate surface area is 121 Å². The SMILES string of the molecule is CCCCC[CH](CC)[SnH2][c]1sc(C)c(C)c1C. The fourth-order valence-corrected chi connectivity index (χ4v) is 13.0. The second-order valence-corrected chi connectivity index (χ2v) is 14.6. The van der Waals surface area contributed by atoms with Crippen LogP contribution in [0.1, 0.15) is 62.0 Å². The van der Waals surface area contributed by atoms with E-state index in [9.17, 15) is 0 Å². The molecule has 17 heavy (non-hydrogen) atoms. The first-order valence-corrected chi connectivity index (χ1v) is 12.3. The van der Waals surface area contributed by atoms with E-state index in [1.807, 2.05) is 2.89 Å². The molecule has 98 valence electrons. The summed E-state index contributed by atoms with van der Waals surface area (Å²) in [6.07, 6.45) is 7.20. The predicted molar refractivity (Wildman–Crippen MR) is 84.9 cm³/mol. The van der Waals surface area contributed by atoms with Gasteiger partial charge in [-0.15, -0.1) is 0 Å². The molecule has 0 aliphatic rings. The molecule has 0 nitrogen and oxygen atoms in total. The molecule has 1 atom stereocenters. The summed E-state index contributed by atoms with van der Waals surface area (Å²) in [5.74, 6) is 0. The molecular formula is C15H28SSn. The van der Waals surface area contributed by atoms with Crippen molar-refractivity contribution in [1.82, 2.24) is 0 Å². The fraction of sp³-hybridized carbons (Fsp3) is 0.733. The van der Waals surface area contributed by atoms with Crippen molar-refractivity contribution < 1.29 is 0 Å². The maximum atomic E-state index is 2.40. The van der Waals surface area contributed by atoms with Crippen LogP contribution in [-0.4, -0.2) is 21.1 Å². The van der Waals surface area contributed by atoms with Gasteiger partial charge in [0.15, 0.2) is 0 Å². The number of rotatable bonds is 7. The Morgan fingerprint density at radius 2 is 1.76 bits per heavy atom. The second kappa shape index (κ2) is 7.83. The molecule has 1 heterocycles. The van der Waals surface area contributed by atoms with E-state index in [0.29, 0.717) is 0 Å². The van der Waals surface area contributed by atoms with E-state index in [-0.39, 0.29) is 0 Å². The zero-order chi connectivity index (χ0) is 12.8. The molecule has 1 aromatic rings. The van der Waals surface area contributed by atoms with Crippen molar-refractivity contribution in [2.24, 2.45) is 0 Å². The molecule has 1 unspecified atom stereocenters. The standard InChI is InChI=1S/C8H17.C7H9S.Sn.2H/c1-3-5-7-8-6-4-2;1-5-4-8-7(3)6(5)2;;;/h5H,3-4,6-8H2,1-2H3;1-3H3;;;. The monoisotopic (exact) mass is 360 g/mol. The number of unbranched alkanes of at least 4 members (excludes halogenated alkanes) is 2. The van der Waals surface area contributed by atoms with Crippen LogP contribution in [0.3, 0.4) is 0 Å². The summed E-state index contributed by atoms with van der Waals surface area (Å²) in [5, 5.41) is 0. The van der Waals surface area contributed by atoms with Crippen LogP contribution < -0.4 is 2.89 Å². The summed E-state index contributed by atoms with van der Waals surface area (Å²) in [6.45, 7) is 11.6. The van der Waals surface area contributed by atoms with Gasteiger partial charge in [0.2, 0.25) is 0 Å². The van der Waals surface area contributed by atoms with Gasteiger partial charge in [0.25, 0.3) is 0 Å². The second-order valence-electron chi connectivity index (χ2n) is 5.31. The molecular weight excluding hydrogens is 331 g/mol. The average molecular weight is 359 g/mol. The first kappa shape index (κ1) is 15.6. The summed E-state index contributed by atoms with van der Waals surface area (Å²) in [6, 6.07) is 0. The van der Waals surface area contributed by atoms with Gasteiger partial charge < -0.3 is 0 Å². The van der Waals surface area contributed by atoms with E-state index in [1.165, 1.54) is 32.1 Å². The third kappa shape index (κ3) is 4.59. The van der Waals surface area contributed by atoms with E-state index in [0.717, 1.165) is 3.93 Å². The Balaban J connectivity index is 2.57. The number of hydrogen-bond donors (Lipinski definition) is 0. The van der Waals surface area contributed by atoms with Crippen molar-refractivity contribution in [3.63, 3.8) is 0 Å². The van der Waals surface area contributed by atoms with Crippen LogP contribution in [0.2, 0.25) is 3.93 Å². The van der Waals surface area contributed by atoms with Crippen LogP contribution in [-0.2, 0) is 0 Å². The summed E-state index contributed by atoms with van der Waals surface area (Å²) in [7, 11) is 0. The van der Waals surface area contributed by atoms with E-state index in [1.54, 1.807) is 16.0 Å². The fourth-order valence-electron chi connectivity index (χ4n) is 2.40. The van der Waals surface area contributed by atoms with E-state index in [2.05, 4.69) is 46.0 Å². The third-order valence-corrected chi connectivity index (χ3v) is 14.6.